The van der Waals surface area contributed by atoms with Crippen LogP contribution in [0.4, 0.5) is 0 Å². The summed E-state index contributed by atoms with van der Waals surface area (Å²) in [5.74, 6) is 1.26. The minimum Gasteiger partial charge on any atom is -0.497 e. The number of H-pyrrole nitrogens is 1. The third-order valence-corrected chi connectivity index (χ3v) is 6.38. The number of amides is 1. The highest BCUT2D eigenvalue weighted by molar-refractivity contribution is 5.88. The number of nitrogens with one attached hydrogen (secondary N) is 1. The van der Waals surface area contributed by atoms with Crippen LogP contribution < -0.4 is 4.74 Å². The summed E-state index contributed by atoms with van der Waals surface area (Å²) in [6.45, 7) is 8.31. The van der Waals surface area contributed by atoms with Gasteiger partial charge in [0, 0.05) is 37.3 Å². The summed E-state index contributed by atoms with van der Waals surface area (Å²) in [5, 5.41) is 9.85. The summed E-state index contributed by atoms with van der Waals surface area (Å²) in [4.78, 5) is 17.2. The molecule has 31 heavy (non-hydrogen) atoms. The van der Waals surface area contributed by atoms with Crippen LogP contribution in [0.15, 0.2) is 42.6 Å². The normalized spacial score (nSPS) is 17.1. The predicted octanol–water partition coefficient (Wildman–Crippen LogP) is 4.32. The molecule has 1 aliphatic heterocycles. The van der Waals surface area contributed by atoms with Crippen LogP contribution in [-0.4, -0.2) is 59.2 Å². The Bertz CT molecular complexity index is 1040. The molecule has 4 rings (SSSR count). The molecular weight excluding hydrogens is 388 g/mol. The molecule has 2 aromatic carbocycles. The highest BCUT2D eigenvalue weighted by atomic mass is 16.5. The van der Waals surface area contributed by atoms with E-state index in [2.05, 4.69) is 53.2 Å². The fourth-order valence-corrected chi connectivity index (χ4v) is 4.62. The van der Waals surface area contributed by atoms with E-state index in [1.807, 2.05) is 23.2 Å². The number of fused-ring (bicyclic) bond motifs is 1. The second kappa shape index (κ2) is 9.52. The van der Waals surface area contributed by atoms with Gasteiger partial charge in [-0.3, -0.25) is 14.8 Å². The minimum atomic E-state index is 0.0969. The maximum Gasteiger partial charge on any atom is 0.226 e. The number of carbonyl (C=O) groups is 1. The molecule has 164 valence electrons. The largest absolute Gasteiger partial charge is 0.497 e. The van der Waals surface area contributed by atoms with Gasteiger partial charge >= 0.3 is 0 Å². The Morgan fingerprint density at radius 1 is 1.19 bits per heavy atom. The molecule has 0 saturated carbocycles. The van der Waals surface area contributed by atoms with Crippen LogP contribution in [0, 0.1) is 5.92 Å². The number of hydrogen-bond acceptors (Lipinski definition) is 4. The lowest BCUT2D eigenvalue weighted by Gasteiger charge is -2.34. The fraction of sp³-hybridized carbons (Fsp3) is 0.440. The van der Waals surface area contributed by atoms with Crippen molar-refractivity contribution in [1.82, 2.24) is 20.0 Å². The number of aromatic amines is 1. The van der Waals surface area contributed by atoms with Gasteiger partial charge in [0.2, 0.25) is 5.91 Å². The van der Waals surface area contributed by atoms with Gasteiger partial charge in [-0.05, 0) is 62.2 Å². The second-order valence-electron chi connectivity index (χ2n) is 8.28. The van der Waals surface area contributed by atoms with E-state index in [9.17, 15) is 4.79 Å². The lowest BCUT2D eigenvalue weighted by Crippen LogP contribution is -2.44. The standard InChI is InChI=1S/C25H32N4O2/c1-4-29(5-2)25(30)21-7-6-12-28(16-21)17-22-15-26-27-24(22)20-9-8-19-14-23(31-3)11-10-18(19)13-20/h8-11,13-15,21H,4-7,12,16-17H2,1-3H3,(H,26,27)/t21-/m0/s1. The first-order valence-electron chi connectivity index (χ1n) is 11.2. The smallest absolute Gasteiger partial charge is 0.226 e. The topological polar surface area (TPSA) is 61.5 Å². The highest BCUT2D eigenvalue weighted by Gasteiger charge is 2.28. The Kier molecular flexibility index (Phi) is 6.56. The van der Waals surface area contributed by atoms with Gasteiger partial charge < -0.3 is 9.64 Å². The Labute approximate surface area is 184 Å². The Morgan fingerprint density at radius 3 is 2.74 bits per heavy atom. The molecule has 0 spiro atoms. The maximum absolute atomic E-state index is 12.8. The molecule has 2 heterocycles. The van der Waals surface area contributed by atoms with Gasteiger partial charge in [-0.1, -0.05) is 18.2 Å². The molecular formula is C25H32N4O2. The van der Waals surface area contributed by atoms with E-state index in [0.29, 0.717) is 5.91 Å². The van der Waals surface area contributed by atoms with Crippen molar-refractivity contribution in [2.75, 3.05) is 33.3 Å². The van der Waals surface area contributed by atoms with Crippen molar-refractivity contribution < 1.29 is 9.53 Å². The number of carbonyl (C=O) groups excluding carboxylic acids is 1. The van der Waals surface area contributed by atoms with Gasteiger partial charge in [0.1, 0.15) is 5.75 Å². The third kappa shape index (κ3) is 4.59. The van der Waals surface area contributed by atoms with Crippen LogP contribution in [-0.2, 0) is 11.3 Å². The van der Waals surface area contributed by atoms with Crippen molar-refractivity contribution in [3.63, 3.8) is 0 Å². The van der Waals surface area contributed by atoms with E-state index in [4.69, 9.17) is 4.74 Å². The first kappa shape index (κ1) is 21.4. The van der Waals surface area contributed by atoms with Crippen molar-refractivity contribution in [3.8, 4) is 17.0 Å². The summed E-state index contributed by atoms with van der Waals surface area (Å²) >= 11 is 0. The van der Waals surface area contributed by atoms with Gasteiger partial charge in [-0.15, -0.1) is 0 Å². The van der Waals surface area contributed by atoms with Crippen LogP contribution >= 0.6 is 0 Å². The molecule has 1 N–H and O–H groups in total. The van der Waals surface area contributed by atoms with Crippen molar-refractivity contribution >= 4 is 16.7 Å². The molecule has 1 amide bonds. The number of aromatic nitrogens is 2. The number of hydrogen-bond donors (Lipinski definition) is 1. The molecule has 1 saturated heterocycles. The third-order valence-electron chi connectivity index (χ3n) is 6.38. The molecule has 1 fully saturated rings. The number of ether oxygens (including phenoxy) is 1. The summed E-state index contributed by atoms with van der Waals surface area (Å²) in [7, 11) is 1.69. The molecule has 1 aromatic heterocycles. The molecule has 0 unspecified atom stereocenters. The van der Waals surface area contributed by atoms with Gasteiger partial charge in [0.05, 0.1) is 24.9 Å². The zero-order valence-electron chi connectivity index (χ0n) is 18.7. The number of rotatable bonds is 7. The highest BCUT2D eigenvalue weighted by Crippen LogP contribution is 2.29. The average Bonchev–Trinajstić information content (AvgIpc) is 3.27. The fourth-order valence-electron chi connectivity index (χ4n) is 4.62. The zero-order valence-corrected chi connectivity index (χ0v) is 18.7. The Balaban J connectivity index is 1.51. The molecule has 0 radical (unpaired) electrons. The van der Waals surface area contributed by atoms with E-state index in [0.717, 1.165) is 68.0 Å². The SMILES string of the molecule is CCN(CC)C(=O)[C@H]1CCCN(Cc2cn[nH]c2-c2ccc3cc(OC)ccc3c2)C1. The maximum atomic E-state index is 12.8. The van der Waals surface area contributed by atoms with Crippen molar-refractivity contribution in [2.45, 2.75) is 33.2 Å². The molecule has 1 atom stereocenters. The summed E-state index contributed by atoms with van der Waals surface area (Å²) in [6, 6.07) is 12.6. The van der Waals surface area contributed by atoms with Crippen LogP contribution in [0.25, 0.3) is 22.0 Å². The number of methoxy groups -OCH3 is 1. The number of nitrogens with zero attached hydrogens (tertiary/aromatic N) is 3. The molecule has 3 aromatic rings. The first-order chi connectivity index (χ1) is 15.1. The second-order valence-corrected chi connectivity index (χ2v) is 8.28. The number of benzene rings is 2. The molecule has 0 bridgehead atoms. The summed E-state index contributed by atoms with van der Waals surface area (Å²) < 4.78 is 5.33. The van der Waals surface area contributed by atoms with Crippen molar-refractivity contribution in [1.29, 1.82) is 0 Å². The zero-order chi connectivity index (χ0) is 21.8. The Morgan fingerprint density at radius 2 is 1.97 bits per heavy atom. The van der Waals surface area contributed by atoms with E-state index in [-0.39, 0.29) is 5.92 Å². The van der Waals surface area contributed by atoms with Crippen LogP contribution in [0.3, 0.4) is 0 Å². The number of piperidine rings is 1. The van der Waals surface area contributed by atoms with Crippen molar-refractivity contribution in [3.05, 3.63) is 48.2 Å². The van der Waals surface area contributed by atoms with Crippen molar-refractivity contribution in [2.24, 2.45) is 5.92 Å². The minimum absolute atomic E-state index is 0.0969. The van der Waals surface area contributed by atoms with Gasteiger partial charge in [-0.25, -0.2) is 0 Å². The molecule has 6 heteroatoms. The van der Waals surface area contributed by atoms with Crippen LogP contribution in [0.1, 0.15) is 32.3 Å². The molecule has 1 aliphatic rings. The van der Waals surface area contributed by atoms with E-state index in [1.165, 1.54) is 10.9 Å². The van der Waals surface area contributed by atoms with E-state index < -0.39 is 0 Å². The van der Waals surface area contributed by atoms with Gasteiger partial charge in [0.25, 0.3) is 0 Å². The Hall–Kier alpha value is -2.86. The van der Waals surface area contributed by atoms with Gasteiger partial charge in [0.15, 0.2) is 0 Å². The molecule has 0 aliphatic carbocycles. The lowest BCUT2D eigenvalue weighted by molar-refractivity contribution is -0.137. The van der Waals surface area contributed by atoms with Crippen LogP contribution in [0.5, 0.6) is 5.75 Å². The lowest BCUT2D eigenvalue weighted by atomic mass is 9.95. The first-order valence-corrected chi connectivity index (χ1v) is 11.2. The summed E-state index contributed by atoms with van der Waals surface area (Å²) in [6.07, 6.45) is 3.96. The molecule has 6 nitrogen and oxygen atoms in total. The van der Waals surface area contributed by atoms with E-state index >= 15 is 0 Å². The number of likely N-dealkylation sites (tertiary alicyclic amines) is 1. The van der Waals surface area contributed by atoms with Crippen LogP contribution in [0.2, 0.25) is 0 Å². The summed E-state index contributed by atoms with van der Waals surface area (Å²) in [5.41, 5.74) is 3.34. The average molecular weight is 421 g/mol. The quantitative estimate of drug-likeness (QED) is 0.618. The van der Waals surface area contributed by atoms with Gasteiger partial charge in [-0.2, -0.15) is 5.10 Å². The van der Waals surface area contributed by atoms with E-state index in [1.54, 1.807) is 7.11 Å². The monoisotopic (exact) mass is 420 g/mol. The predicted molar refractivity (Wildman–Crippen MR) is 124 cm³/mol.